The van der Waals surface area contributed by atoms with Gasteiger partial charge in [0.2, 0.25) is 0 Å². The minimum Gasteiger partial charge on any atom is -0.389 e. The maximum absolute atomic E-state index is 13.1. The highest BCUT2D eigenvalue weighted by molar-refractivity contribution is 7.80. The molecule has 0 radical (unpaired) electrons. The number of rotatable bonds is 3. The lowest BCUT2D eigenvalue weighted by atomic mass is 10.1. The molecule has 1 heterocycles. The zero-order valence-corrected chi connectivity index (χ0v) is 13.4. The number of aromatic nitrogens is 2. The summed E-state index contributed by atoms with van der Waals surface area (Å²) in [5.74, 6) is -0.480. The zero-order valence-electron chi connectivity index (χ0n) is 12.6. The van der Waals surface area contributed by atoms with Gasteiger partial charge in [-0.1, -0.05) is 12.2 Å². The fraction of sp³-hybridized carbons (Fsp3) is 0.0588. The first kappa shape index (κ1) is 17.1. The van der Waals surface area contributed by atoms with Gasteiger partial charge in [-0.05, 0) is 54.6 Å². The van der Waals surface area contributed by atoms with Crippen LogP contribution in [-0.4, -0.2) is 14.8 Å². The van der Waals surface area contributed by atoms with Gasteiger partial charge in [0.15, 0.2) is 5.69 Å². The van der Waals surface area contributed by atoms with Gasteiger partial charge >= 0.3 is 6.18 Å². The van der Waals surface area contributed by atoms with Gasteiger partial charge in [0.25, 0.3) is 0 Å². The molecule has 2 N–H and O–H groups in total. The molecule has 0 saturated heterocycles. The van der Waals surface area contributed by atoms with E-state index in [2.05, 4.69) is 5.10 Å². The van der Waals surface area contributed by atoms with E-state index in [0.717, 1.165) is 10.7 Å². The van der Waals surface area contributed by atoms with Crippen LogP contribution < -0.4 is 5.73 Å². The standard InChI is InChI=1S/C17H11F4N3S/c18-12-5-1-10(2-6-12)14-9-15(17(19,20)21)23-24(14)13-7-3-11(4-8-13)16(22)25/h1-9H,(H2,22,25). The van der Waals surface area contributed by atoms with Crippen LogP contribution in [0, 0.1) is 5.82 Å². The average molecular weight is 365 g/mol. The second-order valence-corrected chi connectivity index (χ2v) is 5.68. The highest BCUT2D eigenvalue weighted by Crippen LogP contribution is 2.33. The number of benzene rings is 2. The number of halogens is 4. The average Bonchev–Trinajstić information content (AvgIpc) is 3.01. The van der Waals surface area contributed by atoms with E-state index in [4.69, 9.17) is 18.0 Å². The van der Waals surface area contributed by atoms with E-state index in [-0.39, 0.29) is 10.7 Å². The molecular weight excluding hydrogens is 354 g/mol. The summed E-state index contributed by atoms with van der Waals surface area (Å²) < 4.78 is 53.5. The first-order valence-corrected chi connectivity index (χ1v) is 7.50. The Labute approximate surface area is 145 Å². The third kappa shape index (κ3) is 3.53. The number of alkyl halides is 3. The summed E-state index contributed by atoms with van der Waals surface area (Å²) in [6.45, 7) is 0. The number of nitrogens with two attached hydrogens (primary N) is 1. The Morgan fingerprint density at radius 2 is 1.60 bits per heavy atom. The van der Waals surface area contributed by atoms with Crippen LogP contribution >= 0.6 is 12.2 Å². The minimum absolute atomic E-state index is 0.182. The van der Waals surface area contributed by atoms with E-state index in [0.29, 0.717) is 16.8 Å². The van der Waals surface area contributed by atoms with Crippen LogP contribution in [0.2, 0.25) is 0 Å². The second-order valence-electron chi connectivity index (χ2n) is 5.24. The predicted octanol–water partition coefficient (Wildman–Crippen LogP) is 4.33. The first-order valence-electron chi connectivity index (χ1n) is 7.09. The van der Waals surface area contributed by atoms with Gasteiger partial charge in [0, 0.05) is 11.1 Å². The summed E-state index contributed by atoms with van der Waals surface area (Å²) in [6.07, 6.45) is -4.60. The number of thiocarbonyl (C=S) groups is 1. The zero-order chi connectivity index (χ0) is 18.2. The van der Waals surface area contributed by atoms with E-state index in [1.807, 2.05) is 0 Å². The largest absolute Gasteiger partial charge is 0.435 e. The highest BCUT2D eigenvalue weighted by Gasteiger charge is 2.35. The van der Waals surface area contributed by atoms with Crippen molar-refractivity contribution in [3.8, 4) is 16.9 Å². The molecule has 0 saturated carbocycles. The molecule has 0 bridgehead atoms. The summed E-state index contributed by atoms with van der Waals surface area (Å²) in [6, 6.07) is 12.4. The Balaban J connectivity index is 2.15. The Kier molecular flexibility index (Phi) is 4.30. The van der Waals surface area contributed by atoms with Gasteiger partial charge in [0.05, 0.1) is 11.4 Å². The van der Waals surface area contributed by atoms with E-state index in [1.165, 1.54) is 24.3 Å². The van der Waals surface area contributed by atoms with E-state index >= 15 is 0 Å². The molecule has 0 unspecified atom stereocenters. The summed E-state index contributed by atoms with van der Waals surface area (Å²) in [4.78, 5) is 0.182. The van der Waals surface area contributed by atoms with Gasteiger partial charge in [-0.15, -0.1) is 0 Å². The van der Waals surface area contributed by atoms with Crippen molar-refractivity contribution in [2.75, 3.05) is 0 Å². The predicted molar refractivity (Wildman–Crippen MR) is 89.8 cm³/mol. The second kappa shape index (κ2) is 6.29. The van der Waals surface area contributed by atoms with Gasteiger partial charge < -0.3 is 5.73 Å². The molecule has 0 spiro atoms. The molecule has 3 aromatic rings. The minimum atomic E-state index is -4.60. The van der Waals surface area contributed by atoms with Crippen LogP contribution in [0.25, 0.3) is 16.9 Å². The SMILES string of the molecule is NC(=S)c1ccc(-n2nc(C(F)(F)F)cc2-c2ccc(F)cc2)cc1. The van der Waals surface area contributed by atoms with Crippen LogP contribution in [-0.2, 0) is 6.18 Å². The smallest absolute Gasteiger partial charge is 0.389 e. The van der Waals surface area contributed by atoms with Crippen LogP contribution in [0.5, 0.6) is 0 Å². The molecule has 25 heavy (non-hydrogen) atoms. The van der Waals surface area contributed by atoms with Crippen molar-refractivity contribution in [1.82, 2.24) is 9.78 Å². The van der Waals surface area contributed by atoms with Crippen LogP contribution in [0.15, 0.2) is 54.6 Å². The molecule has 2 aromatic carbocycles. The number of nitrogens with zero attached hydrogens (tertiary/aromatic N) is 2. The molecule has 1 aromatic heterocycles. The highest BCUT2D eigenvalue weighted by atomic mass is 32.1. The summed E-state index contributed by atoms with van der Waals surface area (Å²) >= 11 is 4.86. The van der Waals surface area contributed by atoms with E-state index in [1.54, 1.807) is 24.3 Å². The third-order valence-corrected chi connectivity index (χ3v) is 3.77. The van der Waals surface area contributed by atoms with Gasteiger partial charge in [0.1, 0.15) is 10.8 Å². The molecule has 0 atom stereocenters. The van der Waals surface area contributed by atoms with Crippen LogP contribution in [0.4, 0.5) is 17.6 Å². The molecular formula is C17H11F4N3S. The Hall–Kier alpha value is -2.74. The van der Waals surface area contributed by atoms with Crippen molar-refractivity contribution >= 4 is 17.2 Å². The summed E-state index contributed by atoms with van der Waals surface area (Å²) in [5.41, 5.74) is 6.07. The van der Waals surface area contributed by atoms with Crippen LogP contribution in [0.1, 0.15) is 11.3 Å². The normalized spacial score (nSPS) is 11.5. The fourth-order valence-electron chi connectivity index (χ4n) is 2.31. The Morgan fingerprint density at radius 3 is 2.12 bits per heavy atom. The molecule has 0 fully saturated rings. The van der Waals surface area contributed by atoms with Gasteiger partial charge in [-0.3, -0.25) is 0 Å². The lowest BCUT2D eigenvalue weighted by molar-refractivity contribution is -0.141. The van der Waals surface area contributed by atoms with E-state index in [9.17, 15) is 17.6 Å². The number of hydrogen-bond acceptors (Lipinski definition) is 2. The molecule has 8 heteroatoms. The van der Waals surface area contributed by atoms with Crippen molar-refractivity contribution in [2.24, 2.45) is 5.73 Å². The summed E-state index contributed by atoms with van der Waals surface area (Å²) in [7, 11) is 0. The van der Waals surface area contributed by atoms with Gasteiger partial charge in [-0.2, -0.15) is 18.3 Å². The van der Waals surface area contributed by atoms with Crippen molar-refractivity contribution < 1.29 is 17.6 Å². The quantitative estimate of drug-likeness (QED) is 0.555. The first-order chi connectivity index (χ1) is 11.8. The molecule has 0 aliphatic rings. The lowest BCUT2D eigenvalue weighted by Crippen LogP contribution is -2.10. The van der Waals surface area contributed by atoms with E-state index < -0.39 is 17.7 Å². The lowest BCUT2D eigenvalue weighted by Gasteiger charge is -2.08. The number of hydrogen-bond donors (Lipinski definition) is 1. The molecule has 3 nitrogen and oxygen atoms in total. The van der Waals surface area contributed by atoms with Crippen molar-refractivity contribution in [1.29, 1.82) is 0 Å². The van der Waals surface area contributed by atoms with Gasteiger partial charge in [-0.25, -0.2) is 9.07 Å². The summed E-state index contributed by atoms with van der Waals surface area (Å²) in [5, 5.41) is 3.66. The third-order valence-electron chi connectivity index (χ3n) is 3.54. The maximum Gasteiger partial charge on any atom is 0.435 e. The van der Waals surface area contributed by atoms with Crippen molar-refractivity contribution in [3.05, 3.63) is 71.7 Å². The fourth-order valence-corrected chi connectivity index (χ4v) is 2.45. The maximum atomic E-state index is 13.1. The Morgan fingerprint density at radius 1 is 1.00 bits per heavy atom. The Bertz CT molecular complexity index is 913. The molecule has 0 aliphatic heterocycles. The monoisotopic (exact) mass is 365 g/mol. The molecule has 3 rings (SSSR count). The molecule has 128 valence electrons. The topological polar surface area (TPSA) is 43.8 Å². The molecule has 0 amide bonds. The van der Waals surface area contributed by atoms with Crippen molar-refractivity contribution in [2.45, 2.75) is 6.18 Å². The van der Waals surface area contributed by atoms with Crippen molar-refractivity contribution in [3.63, 3.8) is 0 Å². The molecule has 0 aliphatic carbocycles. The van der Waals surface area contributed by atoms with Crippen LogP contribution in [0.3, 0.4) is 0 Å².